The van der Waals surface area contributed by atoms with Crippen LogP contribution in [0.25, 0.3) is 33.7 Å². The fourth-order valence-electron chi connectivity index (χ4n) is 4.04. The Hall–Kier alpha value is -4.59. The zero-order valence-electron chi connectivity index (χ0n) is 17.3. The second-order valence-electron chi connectivity index (χ2n) is 7.68. The summed E-state index contributed by atoms with van der Waals surface area (Å²) < 4.78 is 19.2. The molecule has 33 heavy (non-hydrogen) atoms. The quantitative estimate of drug-likeness (QED) is 0.418. The number of rotatable bonds is 4. The molecule has 8 heteroatoms. The lowest BCUT2D eigenvalue weighted by Crippen LogP contribution is -2.16. The molecule has 2 aliphatic heterocycles. The highest BCUT2D eigenvalue weighted by molar-refractivity contribution is 5.91. The van der Waals surface area contributed by atoms with Gasteiger partial charge in [-0.05, 0) is 48.0 Å². The van der Waals surface area contributed by atoms with Crippen LogP contribution in [-0.2, 0) is 6.54 Å². The van der Waals surface area contributed by atoms with Crippen LogP contribution in [0.4, 0.5) is 4.39 Å². The van der Waals surface area contributed by atoms with Gasteiger partial charge >= 0.3 is 0 Å². The van der Waals surface area contributed by atoms with Crippen molar-refractivity contribution in [3.05, 3.63) is 113 Å². The van der Waals surface area contributed by atoms with Crippen molar-refractivity contribution in [1.29, 1.82) is 0 Å². The van der Waals surface area contributed by atoms with Crippen molar-refractivity contribution in [1.82, 2.24) is 29.1 Å². The molecular formula is C25H17FN6O. The van der Waals surface area contributed by atoms with Crippen LogP contribution in [0.5, 0.6) is 0 Å². The first-order chi connectivity index (χ1) is 16.2. The Morgan fingerprint density at radius 2 is 1.76 bits per heavy atom. The molecule has 0 amide bonds. The van der Waals surface area contributed by atoms with Crippen molar-refractivity contribution in [3.8, 4) is 22.6 Å². The van der Waals surface area contributed by atoms with Gasteiger partial charge in [0.15, 0.2) is 0 Å². The van der Waals surface area contributed by atoms with Gasteiger partial charge in [-0.15, -0.1) is 0 Å². The summed E-state index contributed by atoms with van der Waals surface area (Å²) in [5, 5.41) is 9.44. The van der Waals surface area contributed by atoms with Crippen molar-refractivity contribution in [2.45, 2.75) is 6.54 Å². The second kappa shape index (κ2) is 7.52. The first-order valence-corrected chi connectivity index (χ1v) is 10.4. The van der Waals surface area contributed by atoms with Gasteiger partial charge in [-0.3, -0.25) is 4.79 Å². The normalized spacial score (nSPS) is 11.4. The Morgan fingerprint density at radius 3 is 2.55 bits per heavy atom. The fraction of sp³-hybridized carbons (Fsp3) is 0.0400. The number of para-hydroxylation sites is 1. The largest absolute Gasteiger partial charge is 0.327 e. The summed E-state index contributed by atoms with van der Waals surface area (Å²) in [4.78, 5) is 17.7. The number of halogens is 1. The van der Waals surface area contributed by atoms with E-state index in [0.29, 0.717) is 23.4 Å². The first kappa shape index (κ1) is 19.1. The average Bonchev–Trinajstić information content (AvgIpc) is 3.49. The molecule has 2 aromatic heterocycles. The highest BCUT2D eigenvalue weighted by Gasteiger charge is 2.22. The predicted octanol–water partition coefficient (Wildman–Crippen LogP) is 4.06. The number of hydrogen-bond donors (Lipinski definition) is 0. The van der Waals surface area contributed by atoms with E-state index in [-0.39, 0.29) is 11.2 Å². The molecule has 0 aliphatic carbocycles. The van der Waals surface area contributed by atoms with Crippen LogP contribution in [0.15, 0.2) is 96.3 Å². The Kier molecular flexibility index (Phi) is 4.36. The van der Waals surface area contributed by atoms with Crippen molar-refractivity contribution < 1.29 is 4.39 Å². The van der Waals surface area contributed by atoms with Gasteiger partial charge in [-0.25, -0.2) is 14.1 Å². The number of aromatic nitrogens is 6. The molecule has 2 aliphatic rings. The van der Waals surface area contributed by atoms with E-state index < -0.39 is 5.82 Å². The third-order valence-electron chi connectivity index (χ3n) is 5.62. The maximum absolute atomic E-state index is 14.4. The van der Waals surface area contributed by atoms with Crippen LogP contribution in [-0.4, -0.2) is 29.1 Å². The smallest absolute Gasteiger partial charge is 0.282 e. The number of benzene rings is 2. The molecule has 0 radical (unpaired) electrons. The Morgan fingerprint density at radius 1 is 0.909 bits per heavy atom. The Balaban J connectivity index is 1.48. The molecule has 0 N–H and O–H groups in total. The SMILES string of the molecule is O=c1c2cn(Cc3ccc(-n4cccn4)cc3)c3ncccc3c-2nn1-c1ccccc1F. The van der Waals surface area contributed by atoms with Crippen molar-refractivity contribution in [2.75, 3.05) is 0 Å². The lowest BCUT2D eigenvalue weighted by Gasteiger charge is -2.13. The molecule has 0 unspecified atom stereocenters. The van der Waals surface area contributed by atoms with Crippen molar-refractivity contribution in [2.24, 2.45) is 0 Å². The van der Waals surface area contributed by atoms with Gasteiger partial charge in [0.25, 0.3) is 5.56 Å². The molecule has 0 atom stereocenters. The van der Waals surface area contributed by atoms with Crippen LogP contribution in [0.1, 0.15) is 5.56 Å². The average molecular weight is 436 g/mol. The third-order valence-corrected chi connectivity index (χ3v) is 5.62. The van der Waals surface area contributed by atoms with Crippen molar-refractivity contribution >= 4 is 11.0 Å². The van der Waals surface area contributed by atoms with E-state index in [4.69, 9.17) is 0 Å². The van der Waals surface area contributed by atoms with E-state index in [1.165, 1.54) is 12.1 Å². The van der Waals surface area contributed by atoms with Crippen molar-refractivity contribution in [3.63, 3.8) is 0 Å². The molecule has 7 nitrogen and oxygen atoms in total. The van der Waals surface area contributed by atoms with E-state index >= 15 is 0 Å². The molecule has 4 heterocycles. The number of hydrogen-bond acceptors (Lipinski definition) is 4. The van der Waals surface area contributed by atoms with Crippen LogP contribution < -0.4 is 5.56 Å². The zero-order valence-corrected chi connectivity index (χ0v) is 17.3. The van der Waals surface area contributed by atoms with Gasteiger partial charge in [-0.2, -0.15) is 14.9 Å². The van der Waals surface area contributed by atoms with Crippen LogP contribution in [0.2, 0.25) is 0 Å². The van der Waals surface area contributed by atoms with Gasteiger partial charge in [-0.1, -0.05) is 24.3 Å². The van der Waals surface area contributed by atoms with E-state index in [1.54, 1.807) is 41.5 Å². The Bertz CT molecular complexity index is 1620. The minimum atomic E-state index is -0.505. The van der Waals surface area contributed by atoms with E-state index in [0.717, 1.165) is 21.3 Å². The molecule has 0 saturated carbocycles. The molecule has 2 aromatic carbocycles. The predicted molar refractivity (Wildman–Crippen MR) is 122 cm³/mol. The minimum Gasteiger partial charge on any atom is -0.327 e. The Labute approximate surface area is 187 Å². The van der Waals surface area contributed by atoms with Gasteiger partial charge in [0.05, 0.1) is 11.3 Å². The molecule has 0 fully saturated rings. The monoisotopic (exact) mass is 436 g/mol. The molecule has 6 rings (SSSR count). The standard InChI is InChI=1S/C25H17FN6O/c26-21-6-1-2-7-22(21)32-25(33)20-16-30(24-19(23(20)29-32)5-3-12-27-24)15-17-8-10-18(11-9-17)31-14-4-13-28-31/h1-14,16H,15H2. The highest BCUT2D eigenvalue weighted by Crippen LogP contribution is 2.28. The second-order valence-corrected chi connectivity index (χ2v) is 7.68. The lowest BCUT2D eigenvalue weighted by molar-refractivity contribution is 0.609. The van der Waals surface area contributed by atoms with Gasteiger partial charge < -0.3 is 4.57 Å². The summed E-state index contributed by atoms with van der Waals surface area (Å²) in [6.45, 7) is 0.507. The number of nitrogens with zero attached hydrogens (tertiary/aromatic N) is 6. The van der Waals surface area contributed by atoms with Gasteiger partial charge in [0, 0.05) is 36.7 Å². The third kappa shape index (κ3) is 3.20. The van der Waals surface area contributed by atoms with E-state index in [2.05, 4.69) is 15.2 Å². The maximum atomic E-state index is 14.4. The lowest BCUT2D eigenvalue weighted by atomic mass is 10.1. The van der Waals surface area contributed by atoms with Gasteiger partial charge in [0.2, 0.25) is 0 Å². The summed E-state index contributed by atoms with van der Waals surface area (Å²) in [5.74, 6) is -0.505. The van der Waals surface area contributed by atoms with E-state index in [1.807, 2.05) is 47.2 Å². The van der Waals surface area contributed by atoms with Gasteiger partial charge in [0.1, 0.15) is 22.8 Å². The van der Waals surface area contributed by atoms with Crippen LogP contribution in [0.3, 0.4) is 0 Å². The molecule has 0 saturated heterocycles. The maximum Gasteiger partial charge on any atom is 0.282 e. The summed E-state index contributed by atoms with van der Waals surface area (Å²) in [6, 6.07) is 19.7. The summed E-state index contributed by atoms with van der Waals surface area (Å²) in [7, 11) is 0. The highest BCUT2D eigenvalue weighted by atomic mass is 19.1. The van der Waals surface area contributed by atoms with Crippen LogP contribution in [0, 0.1) is 5.82 Å². The molecule has 4 aromatic rings. The summed E-state index contributed by atoms with van der Waals surface area (Å²) >= 11 is 0. The zero-order chi connectivity index (χ0) is 22.4. The molecule has 160 valence electrons. The summed E-state index contributed by atoms with van der Waals surface area (Å²) in [6.07, 6.45) is 7.08. The first-order valence-electron chi connectivity index (χ1n) is 10.4. The van der Waals surface area contributed by atoms with Crippen LogP contribution >= 0.6 is 0 Å². The summed E-state index contributed by atoms with van der Waals surface area (Å²) in [5.41, 5.74) is 3.35. The topological polar surface area (TPSA) is 70.5 Å². The van der Waals surface area contributed by atoms with E-state index in [9.17, 15) is 9.18 Å². The minimum absolute atomic E-state index is 0.122. The molecule has 0 spiro atoms. The number of pyridine rings is 2. The molecule has 0 bridgehead atoms. The number of fused-ring (bicyclic) bond motifs is 3. The molecular weight excluding hydrogens is 419 g/mol. The fourth-order valence-corrected chi connectivity index (χ4v) is 4.04.